The van der Waals surface area contributed by atoms with E-state index in [4.69, 9.17) is 0 Å². The Bertz CT molecular complexity index is 154. The average Bonchev–Trinajstić information content (AvgIpc) is 2.26. The molecule has 0 aliphatic heterocycles. The van der Waals surface area contributed by atoms with Crippen molar-refractivity contribution in [1.29, 1.82) is 0 Å². The van der Waals surface area contributed by atoms with Gasteiger partial charge in [0, 0.05) is 25.2 Å². The van der Waals surface area contributed by atoms with E-state index >= 15 is 0 Å². The van der Waals surface area contributed by atoms with Crippen LogP contribution < -0.4 is 5.32 Å². The lowest BCUT2D eigenvalue weighted by Crippen LogP contribution is -2.47. The second kappa shape index (κ2) is 8.97. The van der Waals surface area contributed by atoms with Crippen molar-refractivity contribution in [2.45, 2.75) is 52.6 Å². The summed E-state index contributed by atoms with van der Waals surface area (Å²) in [4.78, 5) is 2.52. The SMILES string of the molecule is CCC(CC)N(CC(C)C)CC(CO)NC. The van der Waals surface area contributed by atoms with E-state index in [1.54, 1.807) is 0 Å². The largest absolute Gasteiger partial charge is 0.395 e. The highest BCUT2D eigenvalue weighted by molar-refractivity contribution is 4.76. The molecule has 0 aromatic carbocycles. The first-order chi connectivity index (χ1) is 7.58. The van der Waals surface area contributed by atoms with E-state index in [1.165, 1.54) is 12.8 Å². The van der Waals surface area contributed by atoms with Crippen LogP contribution in [0.15, 0.2) is 0 Å². The van der Waals surface area contributed by atoms with Crippen LogP contribution in [0, 0.1) is 5.92 Å². The fourth-order valence-corrected chi connectivity index (χ4v) is 2.17. The van der Waals surface area contributed by atoms with Gasteiger partial charge in [0.25, 0.3) is 0 Å². The third-order valence-electron chi connectivity index (χ3n) is 3.14. The van der Waals surface area contributed by atoms with Crippen LogP contribution in [-0.4, -0.2) is 48.8 Å². The van der Waals surface area contributed by atoms with Crippen molar-refractivity contribution in [2.75, 3.05) is 26.7 Å². The molecule has 0 heterocycles. The van der Waals surface area contributed by atoms with Gasteiger partial charge in [0.05, 0.1) is 6.61 Å². The second-order valence-corrected chi connectivity index (χ2v) is 4.99. The predicted molar refractivity (Wildman–Crippen MR) is 70.7 cm³/mol. The van der Waals surface area contributed by atoms with Gasteiger partial charge in [0.1, 0.15) is 0 Å². The molecule has 0 radical (unpaired) electrons. The van der Waals surface area contributed by atoms with Crippen molar-refractivity contribution in [3.8, 4) is 0 Å². The van der Waals surface area contributed by atoms with Gasteiger partial charge in [-0.15, -0.1) is 0 Å². The summed E-state index contributed by atoms with van der Waals surface area (Å²) in [5, 5.41) is 12.4. The van der Waals surface area contributed by atoms with Gasteiger partial charge in [0.15, 0.2) is 0 Å². The number of aliphatic hydroxyl groups excluding tert-OH is 1. The maximum absolute atomic E-state index is 9.25. The molecular weight excluding hydrogens is 200 g/mol. The Balaban J connectivity index is 4.39. The summed E-state index contributed by atoms with van der Waals surface area (Å²) in [5.41, 5.74) is 0. The summed E-state index contributed by atoms with van der Waals surface area (Å²) in [6.07, 6.45) is 2.37. The first-order valence-corrected chi connectivity index (χ1v) is 6.61. The molecule has 0 aromatic rings. The van der Waals surface area contributed by atoms with Crippen LogP contribution in [0.3, 0.4) is 0 Å². The highest BCUT2D eigenvalue weighted by Gasteiger charge is 2.19. The highest BCUT2D eigenvalue weighted by Crippen LogP contribution is 2.11. The summed E-state index contributed by atoms with van der Waals surface area (Å²) in [6, 6.07) is 0.837. The summed E-state index contributed by atoms with van der Waals surface area (Å²) in [6.45, 7) is 11.3. The maximum atomic E-state index is 9.25. The minimum Gasteiger partial charge on any atom is -0.395 e. The number of aliphatic hydroxyl groups is 1. The smallest absolute Gasteiger partial charge is 0.0597 e. The van der Waals surface area contributed by atoms with Crippen molar-refractivity contribution in [3.05, 3.63) is 0 Å². The number of hydrogen-bond acceptors (Lipinski definition) is 3. The maximum Gasteiger partial charge on any atom is 0.0597 e. The van der Waals surface area contributed by atoms with Crippen LogP contribution in [0.1, 0.15) is 40.5 Å². The van der Waals surface area contributed by atoms with E-state index in [2.05, 4.69) is 37.9 Å². The molecule has 0 aliphatic carbocycles. The summed E-state index contributed by atoms with van der Waals surface area (Å²) >= 11 is 0. The summed E-state index contributed by atoms with van der Waals surface area (Å²) in [5.74, 6) is 0.678. The van der Waals surface area contributed by atoms with Gasteiger partial charge in [-0.1, -0.05) is 27.7 Å². The number of hydrogen-bond donors (Lipinski definition) is 2. The standard InChI is InChI=1S/C13H30N2O/c1-6-13(7-2)15(8-11(3)4)9-12(10-16)14-5/h11-14,16H,6-10H2,1-5H3. The van der Waals surface area contributed by atoms with Crippen LogP contribution in [-0.2, 0) is 0 Å². The van der Waals surface area contributed by atoms with E-state index in [-0.39, 0.29) is 12.6 Å². The number of nitrogens with one attached hydrogen (secondary N) is 1. The molecule has 0 saturated carbocycles. The Labute approximate surface area is 101 Å². The molecule has 2 N–H and O–H groups in total. The van der Waals surface area contributed by atoms with Crippen LogP contribution in [0.25, 0.3) is 0 Å². The topological polar surface area (TPSA) is 35.5 Å². The zero-order valence-electron chi connectivity index (χ0n) is 11.7. The van der Waals surface area contributed by atoms with Crippen molar-refractivity contribution >= 4 is 0 Å². The number of nitrogens with zero attached hydrogens (tertiary/aromatic N) is 1. The quantitative estimate of drug-likeness (QED) is 0.633. The van der Waals surface area contributed by atoms with Gasteiger partial charge < -0.3 is 10.4 Å². The van der Waals surface area contributed by atoms with Crippen LogP contribution in [0.2, 0.25) is 0 Å². The highest BCUT2D eigenvalue weighted by atomic mass is 16.3. The van der Waals surface area contributed by atoms with Gasteiger partial charge in [0.2, 0.25) is 0 Å². The van der Waals surface area contributed by atoms with Gasteiger partial charge in [-0.2, -0.15) is 0 Å². The molecule has 16 heavy (non-hydrogen) atoms. The molecule has 0 spiro atoms. The van der Waals surface area contributed by atoms with E-state index < -0.39 is 0 Å². The molecule has 3 heteroatoms. The lowest BCUT2D eigenvalue weighted by molar-refractivity contribution is 0.128. The van der Waals surface area contributed by atoms with E-state index in [1.807, 2.05) is 7.05 Å². The third kappa shape index (κ3) is 5.83. The van der Waals surface area contributed by atoms with E-state index in [0.717, 1.165) is 13.1 Å². The van der Waals surface area contributed by atoms with Crippen LogP contribution in [0.4, 0.5) is 0 Å². The number of likely N-dealkylation sites (N-methyl/N-ethyl adjacent to an activating group) is 1. The zero-order chi connectivity index (χ0) is 12.6. The first kappa shape index (κ1) is 15.9. The monoisotopic (exact) mass is 230 g/mol. The Morgan fingerprint density at radius 3 is 2.00 bits per heavy atom. The molecule has 0 amide bonds. The van der Waals surface area contributed by atoms with Crippen molar-refractivity contribution in [3.63, 3.8) is 0 Å². The minimum atomic E-state index is 0.194. The van der Waals surface area contributed by atoms with E-state index in [9.17, 15) is 5.11 Å². The molecule has 0 fully saturated rings. The molecule has 0 aliphatic rings. The molecule has 3 nitrogen and oxygen atoms in total. The Hall–Kier alpha value is -0.120. The molecule has 1 unspecified atom stereocenters. The van der Waals surface area contributed by atoms with Crippen molar-refractivity contribution in [2.24, 2.45) is 5.92 Å². The minimum absolute atomic E-state index is 0.194. The van der Waals surface area contributed by atoms with Crippen LogP contribution in [0.5, 0.6) is 0 Å². The second-order valence-electron chi connectivity index (χ2n) is 4.99. The Kier molecular flexibility index (Phi) is 8.90. The lowest BCUT2D eigenvalue weighted by Gasteiger charge is -2.34. The molecule has 98 valence electrons. The average molecular weight is 230 g/mol. The zero-order valence-corrected chi connectivity index (χ0v) is 11.7. The van der Waals surface area contributed by atoms with Crippen LogP contribution >= 0.6 is 0 Å². The number of rotatable bonds is 9. The Morgan fingerprint density at radius 2 is 1.69 bits per heavy atom. The molecule has 1 atom stereocenters. The molecular formula is C13H30N2O. The molecule has 0 saturated heterocycles. The van der Waals surface area contributed by atoms with Gasteiger partial charge >= 0.3 is 0 Å². The molecule has 0 rings (SSSR count). The van der Waals surface area contributed by atoms with Crippen molar-refractivity contribution in [1.82, 2.24) is 10.2 Å². The third-order valence-corrected chi connectivity index (χ3v) is 3.14. The first-order valence-electron chi connectivity index (χ1n) is 6.61. The molecule has 0 bridgehead atoms. The molecule has 0 aromatic heterocycles. The van der Waals surface area contributed by atoms with Crippen molar-refractivity contribution < 1.29 is 5.11 Å². The lowest BCUT2D eigenvalue weighted by atomic mass is 10.1. The van der Waals surface area contributed by atoms with Gasteiger partial charge in [-0.05, 0) is 25.8 Å². The van der Waals surface area contributed by atoms with Gasteiger partial charge in [-0.3, -0.25) is 4.90 Å². The predicted octanol–water partition coefficient (Wildman–Crippen LogP) is 1.71. The fourth-order valence-electron chi connectivity index (χ4n) is 2.17. The van der Waals surface area contributed by atoms with Gasteiger partial charge in [-0.25, -0.2) is 0 Å². The summed E-state index contributed by atoms with van der Waals surface area (Å²) in [7, 11) is 1.92. The Morgan fingerprint density at radius 1 is 1.12 bits per heavy atom. The fraction of sp³-hybridized carbons (Fsp3) is 1.00. The van der Waals surface area contributed by atoms with E-state index in [0.29, 0.717) is 12.0 Å². The normalized spacial score (nSPS) is 14.1. The summed E-state index contributed by atoms with van der Waals surface area (Å²) < 4.78 is 0.